The van der Waals surface area contributed by atoms with Gasteiger partial charge in [0, 0.05) is 20.0 Å². The molecule has 0 bridgehead atoms. The zero-order chi connectivity index (χ0) is 13.4. The summed E-state index contributed by atoms with van der Waals surface area (Å²) in [5.41, 5.74) is 0.911. The van der Waals surface area contributed by atoms with E-state index in [1.165, 1.54) is 0 Å². The van der Waals surface area contributed by atoms with Crippen molar-refractivity contribution in [3.05, 3.63) is 35.9 Å². The van der Waals surface area contributed by atoms with Crippen molar-refractivity contribution in [2.45, 2.75) is 25.7 Å². The number of nitrogens with one attached hydrogen (secondary N) is 2. The first-order valence-electron chi connectivity index (χ1n) is 6.22. The number of hydrogen-bond acceptors (Lipinski definition) is 2. The molecule has 0 aliphatic heterocycles. The number of carbonyl (C=O) groups is 2. The minimum atomic E-state index is -0.336. The largest absolute Gasteiger partial charge is 0.359 e. The van der Waals surface area contributed by atoms with Crippen molar-refractivity contribution >= 4 is 11.8 Å². The van der Waals surface area contributed by atoms with Gasteiger partial charge in [-0.05, 0) is 12.0 Å². The maximum absolute atomic E-state index is 11.8. The Kier molecular flexibility index (Phi) is 5.91. The highest BCUT2D eigenvalue weighted by Gasteiger charge is 2.19. The third-order valence-corrected chi connectivity index (χ3v) is 2.75. The lowest BCUT2D eigenvalue weighted by Gasteiger charge is -2.16. The molecule has 2 amide bonds. The fourth-order valence-corrected chi connectivity index (χ4v) is 1.75. The van der Waals surface area contributed by atoms with Gasteiger partial charge in [-0.3, -0.25) is 9.59 Å². The van der Waals surface area contributed by atoms with E-state index in [-0.39, 0.29) is 17.7 Å². The molecule has 0 spiro atoms. The van der Waals surface area contributed by atoms with Crippen LogP contribution in [0.25, 0.3) is 0 Å². The van der Waals surface area contributed by atoms with E-state index >= 15 is 0 Å². The third-order valence-electron chi connectivity index (χ3n) is 2.75. The third kappa shape index (κ3) is 4.20. The van der Waals surface area contributed by atoms with E-state index in [2.05, 4.69) is 10.6 Å². The topological polar surface area (TPSA) is 58.2 Å². The fourth-order valence-electron chi connectivity index (χ4n) is 1.75. The number of benzene rings is 1. The Morgan fingerprint density at radius 3 is 2.44 bits per heavy atom. The van der Waals surface area contributed by atoms with Gasteiger partial charge in [0.25, 0.3) is 0 Å². The molecule has 0 saturated carbocycles. The molecule has 4 heteroatoms. The SMILES string of the molecule is CCCC(=O)NCC(C(=O)NC)c1ccccc1. The number of rotatable bonds is 6. The second-order valence-electron chi connectivity index (χ2n) is 4.13. The van der Waals surface area contributed by atoms with Crippen molar-refractivity contribution in [3.63, 3.8) is 0 Å². The molecule has 1 aromatic carbocycles. The van der Waals surface area contributed by atoms with Crippen LogP contribution in [0.2, 0.25) is 0 Å². The monoisotopic (exact) mass is 248 g/mol. The van der Waals surface area contributed by atoms with Gasteiger partial charge in [-0.2, -0.15) is 0 Å². The molecule has 1 aromatic rings. The zero-order valence-electron chi connectivity index (χ0n) is 10.9. The van der Waals surface area contributed by atoms with E-state index in [1.807, 2.05) is 37.3 Å². The molecular weight excluding hydrogens is 228 g/mol. The molecular formula is C14H20N2O2. The summed E-state index contributed by atoms with van der Waals surface area (Å²) < 4.78 is 0. The van der Waals surface area contributed by atoms with Crippen LogP contribution in [-0.4, -0.2) is 25.4 Å². The van der Waals surface area contributed by atoms with Crippen molar-refractivity contribution < 1.29 is 9.59 Å². The lowest BCUT2D eigenvalue weighted by Crippen LogP contribution is -2.36. The van der Waals surface area contributed by atoms with E-state index in [4.69, 9.17) is 0 Å². The van der Waals surface area contributed by atoms with Crippen LogP contribution < -0.4 is 10.6 Å². The van der Waals surface area contributed by atoms with Gasteiger partial charge in [-0.25, -0.2) is 0 Å². The van der Waals surface area contributed by atoms with Crippen LogP contribution in [0.1, 0.15) is 31.2 Å². The predicted molar refractivity (Wildman–Crippen MR) is 71.2 cm³/mol. The average molecular weight is 248 g/mol. The second-order valence-corrected chi connectivity index (χ2v) is 4.13. The summed E-state index contributed by atoms with van der Waals surface area (Å²) in [6.45, 7) is 2.29. The smallest absolute Gasteiger partial charge is 0.229 e. The van der Waals surface area contributed by atoms with Gasteiger partial charge >= 0.3 is 0 Å². The molecule has 18 heavy (non-hydrogen) atoms. The summed E-state index contributed by atoms with van der Waals surface area (Å²) in [4.78, 5) is 23.3. The van der Waals surface area contributed by atoms with Gasteiger partial charge < -0.3 is 10.6 Å². The number of carbonyl (C=O) groups excluding carboxylic acids is 2. The summed E-state index contributed by atoms with van der Waals surface area (Å²) >= 11 is 0. The highest BCUT2D eigenvalue weighted by atomic mass is 16.2. The molecule has 1 atom stereocenters. The van der Waals surface area contributed by atoms with Crippen LogP contribution in [0.3, 0.4) is 0 Å². The molecule has 1 rings (SSSR count). The highest BCUT2D eigenvalue weighted by molar-refractivity contribution is 5.84. The van der Waals surface area contributed by atoms with Crippen molar-refractivity contribution in [1.29, 1.82) is 0 Å². The van der Waals surface area contributed by atoms with Gasteiger partial charge in [-0.1, -0.05) is 37.3 Å². The predicted octanol–water partition coefficient (Wildman–Crippen LogP) is 1.43. The summed E-state index contributed by atoms with van der Waals surface area (Å²) in [6.07, 6.45) is 1.30. The first-order valence-corrected chi connectivity index (χ1v) is 6.22. The van der Waals surface area contributed by atoms with E-state index in [0.717, 1.165) is 12.0 Å². The normalized spacial score (nSPS) is 11.7. The van der Waals surface area contributed by atoms with Gasteiger partial charge in [0.15, 0.2) is 0 Å². The maximum atomic E-state index is 11.8. The Labute approximate surface area is 108 Å². The quantitative estimate of drug-likeness (QED) is 0.800. The molecule has 0 aliphatic rings. The summed E-state index contributed by atoms with van der Waals surface area (Å²) in [7, 11) is 1.60. The molecule has 0 saturated heterocycles. The molecule has 98 valence electrons. The molecule has 0 fully saturated rings. The van der Waals surface area contributed by atoms with Gasteiger partial charge in [0.05, 0.1) is 5.92 Å². The molecule has 2 N–H and O–H groups in total. The van der Waals surface area contributed by atoms with Crippen LogP contribution in [0.15, 0.2) is 30.3 Å². The summed E-state index contributed by atoms with van der Waals surface area (Å²) in [5.74, 6) is -0.433. The Morgan fingerprint density at radius 2 is 1.89 bits per heavy atom. The molecule has 0 aromatic heterocycles. The minimum Gasteiger partial charge on any atom is -0.359 e. The first-order chi connectivity index (χ1) is 8.69. The van der Waals surface area contributed by atoms with E-state index in [0.29, 0.717) is 13.0 Å². The van der Waals surface area contributed by atoms with Crippen molar-refractivity contribution in [1.82, 2.24) is 10.6 Å². The second kappa shape index (κ2) is 7.48. The van der Waals surface area contributed by atoms with Crippen LogP contribution in [0, 0.1) is 0 Å². The zero-order valence-corrected chi connectivity index (χ0v) is 10.9. The first kappa shape index (κ1) is 14.2. The van der Waals surface area contributed by atoms with Crippen molar-refractivity contribution in [2.75, 3.05) is 13.6 Å². The molecule has 4 nitrogen and oxygen atoms in total. The maximum Gasteiger partial charge on any atom is 0.229 e. The number of likely N-dealkylation sites (N-methyl/N-ethyl adjacent to an activating group) is 1. The standard InChI is InChI=1S/C14H20N2O2/c1-3-7-13(17)16-10-12(14(18)15-2)11-8-5-4-6-9-11/h4-6,8-9,12H,3,7,10H2,1-2H3,(H,15,18)(H,16,17). The lowest BCUT2D eigenvalue weighted by molar-refractivity contribution is -0.123. The van der Waals surface area contributed by atoms with Crippen molar-refractivity contribution in [3.8, 4) is 0 Å². The fraction of sp³-hybridized carbons (Fsp3) is 0.429. The number of amides is 2. The van der Waals surface area contributed by atoms with Gasteiger partial charge in [-0.15, -0.1) is 0 Å². The average Bonchev–Trinajstić information content (AvgIpc) is 2.40. The van der Waals surface area contributed by atoms with Crippen molar-refractivity contribution in [2.24, 2.45) is 0 Å². The van der Waals surface area contributed by atoms with E-state index in [1.54, 1.807) is 7.05 Å². The van der Waals surface area contributed by atoms with Gasteiger partial charge in [0.1, 0.15) is 0 Å². The van der Waals surface area contributed by atoms with Crippen LogP contribution >= 0.6 is 0 Å². The Morgan fingerprint density at radius 1 is 1.22 bits per heavy atom. The highest BCUT2D eigenvalue weighted by Crippen LogP contribution is 2.14. The summed E-state index contributed by atoms with van der Waals surface area (Å²) in [6, 6.07) is 9.47. The Bertz CT molecular complexity index is 390. The van der Waals surface area contributed by atoms with Crippen LogP contribution in [0.5, 0.6) is 0 Å². The molecule has 0 radical (unpaired) electrons. The Hall–Kier alpha value is -1.84. The molecule has 0 heterocycles. The van der Waals surface area contributed by atoms with E-state index < -0.39 is 0 Å². The van der Waals surface area contributed by atoms with E-state index in [9.17, 15) is 9.59 Å². The van der Waals surface area contributed by atoms with Crippen LogP contribution in [-0.2, 0) is 9.59 Å². The van der Waals surface area contributed by atoms with Crippen LogP contribution in [0.4, 0.5) is 0 Å². The number of hydrogen-bond donors (Lipinski definition) is 2. The van der Waals surface area contributed by atoms with Gasteiger partial charge in [0.2, 0.25) is 11.8 Å². The Balaban J connectivity index is 2.69. The molecule has 1 unspecified atom stereocenters. The minimum absolute atomic E-state index is 0.0117. The summed E-state index contributed by atoms with van der Waals surface area (Å²) in [5, 5.41) is 5.43. The molecule has 0 aliphatic carbocycles. The lowest BCUT2D eigenvalue weighted by atomic mass is 9.98.